The molecule has 5 nitrogen and oxygen atoms in total. The van der Waals surface area contributed by atoms with Gasteiger partial charge in [0, 0.05) is 13.7 Å². The van der Waals surface area contributed by atoms with Gasteiger partial charge in [-0.15, -0.1) is 0 Å². The molecule has 114 valence electrons. The first kappa shape index (κ1) is 15.3. The van der Waals surface area contributed by atoms with E-state index in [9.17, 15) is 9.59 Å². The fourth-order valence-electron chi connectivity index (χ4n) is 3.38. The van der Waals surface area contributed by atoms with Crippen LogP contribution in [0.2, 0.25) is 0 Å². The number of carbonyl (C=O) groups excluding carboxylic acids is 2. The minimum Gasteiger partial charge on any atom is -0.380 e. The number of nitrogens with zero attached hydrogens (tertiary/aromatic N) is 1. The third-order valence-corrected chi connectivity index (χ3v) is 4.74. The molecule has 2 fully saturated rings. The van der Waals surface area contributed by atoms with Gasteiger partial charge >= 0.3 is 0 Å². The van der Waals surface area contributed by atoms with Crippen LogP contribution in [-0.4, -0.2) is 48.1 Å². The number of nitrogens with one attached hydrogen (secondary N) is 1. The smallest absolute Gasteiger partial charge is 0.246 e. The summed E-state index contributed by atoms with van der Waals surface area (Å²) in [5.74, 6) is 0.0878. The fourth-order valence-corrected chi connectivity index (χ4v) is 3.38. The Balaban J connectivity index is 2.29. The zero-order valence-electron chi connectivity index (χ0n) is 12.8. The topological polar surface area (TPSA) is 58.6 Å². The third kappa shape index (κ3) is 2.55. The van der Waals surface area contributed by atoms with E-state index in [0.29, 0.717) is 13.0 Å². The van der Waals surface area contributed by atoms with Crippen molar-refractivity contribution in [2.75, 3.05) is 13.7 Å². The van der Waals surface area contributed by atoms with Gasteiger partial charge in [0.25, 0.3) is 0 Å². The maximum absolute atomic E-state index is 12.7. The summed E-state index contributed by atoms with van der Waals surface area (Å²) in [6.07, 6.45) is 5.30. The van der Waals surface area contributed by atoms with Crippen molar-refractivity contribution < 1.29 is 14.3 Å². The number of hydrogen-bond acceptors (Lipinski definition) is 3. The first-order valence-electron chi connectivity index (χ1n) is 7.70. The van der Waals surface area contributed by atoms with Gasteiger partial charge in [-0.3, -0.25) is 9.59 Å². The predicted molar refractivity (Wildman–Crippen MR) is 76.2 cm³/mol. The zero-order valence-corrected chi connectivity index (χ0v) is 12.8. The van der Waals surface area contributed by atoms with Crippen LogP contribution >= 0.6 is 0 Å². The van der Waals surface area contributed by atoms with Gasteiger partial charge in [0.1, 0.15) is 11.6 Å². The molecule has 20 heavy (non-hydrogen) atoms. The van der Waals surface area contributed by atoms with Gasteiger partial charge in [0.15, 0.2) is 0 Å². The number of rotatable bonds is 4. The molecule has 2 rings (SSSR count). The molecule has 1 saturated carbocycles. The molecule has 2 unspecified atom stereocenters. The van der Waals surface area contributed by atoms with E-state index in [1.807, 2.05) is 18.7 Å². The highest BCUT2D eigenvalue weighted by Crippen LogP contribution is 2.37. The monoisotopic (exact) mass is 282 g/mol. The zero-order chi connectivity index (χ0) is 14.8. The lowest BCUT2D eigenvalue weighted by molar-refractivity contribution is -0.162. The van der Waals surface area contributed by atoms with Crippen molar-refractivity contribution in [2.24, 2.45) is 0 Å². The lowest BCUT2D eigenvalue weighted by atomic mass is 9.77. The molecule has 0 aromatic heterocycles. The fraction of sp³-hybridized carbons (Fsp3) is 0.867. The molecule has 2 aliphatic rings. The normalized spacial score (nSPS) is 27.6. The van der Waals surface area contributed by atoms with Crippen molar-refractivity contribution in [3.05, 3.63) is 0 Å². The largest absolute Gasteiger partial charge is 0.380 e. The van der Waals surface area contributed by atoms with Gasteiger partial charge < -0.3 is 15.0 Å². The molecule has 2 amide bonds. The highest BCUT2D eigenvalue weighted by molar-refractivity contribution is 5.99. The molecule has 0 bridgehead atoms. The van der Waals surface area contributed by atoms with Crippen LogP contribution < -0.4 is 5.32 Å². The van der Waals surface area contributed by atoms with E-state index in [2.05, 4.69) is 5.32 Å². The Morgan fingerprint density at radius 1 is 1.35 bits per heavy atom. The number of ether oxygens (including phenoxy) is 1. The summed E-state index contributed by atoms with van der Waals surface area (Å²) < 4.78 is 5.31. The first-order chi connectivity index (χ1) is 9.55. The van der Waals surface area contributed by atoms with E-state index in [4.69, 9.17) is 4.74 Å². The van der Waals surface area contributed by atoms with E-state index in [-0.39, 0.29) is 24.0 Å². The Bertz CT molecular complexity index is 377. The summed E-state index contributed by atoms with van der Waals surface area (Å²) in [6, 6.07) is -0.376. The minimum absolute atomic E-state index is 0.0342. The van der Waals surface area contributed by atoms with Crippen LogP contribution in [-0.2, 0) is 14.3 Å². The van der Waals surface area contributed by atoms with Crippen LogP contribution in [0.1, 0.15) is 52.4 Å². The van der Waals surface area contributed by atoms with Crippen molar-refractivity contribution >= 4 is 11.8 Å². The van der Waals surface area contributed by atoms with Crippen molar-refractivity contribution in [2.45, 2.75) is 70.1 Å². The molecular formula is C15H26N2O3. The number of carbonyl (C=O) groups is 2. The Hall–Kier alpha value is -1.10. The van der Waals surface area contributed by atoms with Gasteiger partial charge in [0.05, 0.1) is 6.10 Å². The van der Waals surface area contributed by atoms with Gasteiger partial charge in [-0.1, -0.05) is 26.2 Å². The standard InChI is InChI=1S/C15H26N2O3/c1-4-12-13(18)17(10-11(2)20-3)15(14(19)16-12)8-6-5-7-9-15/h11-12H,4-10H2,1-3H3,(H,16,19). The lowest BCUT2D eigenvalue weighted by Gasteiger charge is -2.50. The molecule has 5 heteroatoms. The van der Waals surface area contributed by atoms with Crippen LogP contribution in [0.3, 0.4) is 0 Å². The summed E-state index contributed by atoms with van der Waals surface area (Å²) in [7, 11) is 1.64. The molecule has 0 aromatic rings. The molecule has 1 N–H and O–H groups in total. The molecule has 2 atom stereocenters. The Morgan fingerprint density at radius 2 is 2.00 bits per heavy atom. The second-order valence-corrected chi connectivity index (χ2v) is 6.02. The molecule has 1 saturated heterocycles. The average Bonchev–Trinajstić information content (AvgIpc) is 2.48. The summed E-state index contributed by atoms with van der Waals surface area (Å²) in [6.45, 7) is 4.37. The highest BCUT2D eigenvalue weighted by atomic mass is 16.5. The molecule has 1 spiro atoms. The molecule has 1 aliphatic heterocycles. The van der Waals surface area contributed by atoms with E-state index in [0.717, 1.165) is 32.1 Å². The predicted octanol–water partition coefficient (Wildman–Crippen LogP) is 1.46. The number of amides is 2. The molecular weight excluding hydrogens is 256 g/mol. The summed E-state index contributed by atoms with van der Waals surface area (Å²) in [4.78, 5) is 27.1. The Labute approximate surface area is 121 Å². The first-order valence-corrected chi connectivity index (χ1v) is 7.70. The van der Waals surface area contributed by atoms with Crippen LogP contribution in [0.15, 0.2) is 0 Å². The van der Waals surface area contributed by atoms with Gasteiger partial charge in [-0.25, -0.2) is 0 Å². The maximum atomic E-state index is 12.7. The third-order valence-electron chi connectivity index (χ3n) is 4.74. The van der Waals surface area contributed by atoms with Crippen LogP contribution in [0, 0.1) is 0 Å². The average molecular weight is 282 g/mol. The molecule has 1 aliphatic carbocycles. The van der Waals surface area contributed by atoms with E-state index >= 15 is 0 Å². The van der Waals surface area contributed by atoms with Crippen molar-refractivity contribution in [3.8, 4) is 0 Å². The Morgan fingerprint density at radius 3 is 2.55 bits per heavy atom. The van der Waals surface area contributed by atoms with Gasteiger partial charge in [0.2, 0.25) is 11.8 Å². The summed E-state index contributed by atoms with van der Waals surface area (Å²) >= 11 is 0. The van der Waals surface area contributed by atoms with Gasteiger partial charge in [-0.05, 0) is 26.2 Å². The summed E-state index contributed by atoms with van der Waals surface area (Å²) in [5, 5.41) is 2.93. The molecule has 1 heterocycles. The summed E-state index contributed by atoms with van der Waals surface area (Å²) in [5.41, 5.74) is -0.631. The van der Waals surface area contributed by atoms with Crippen LogP contribution in [0.25, 0.3) is 0 Å². The van der Waals surface area contributed by atoms with Crippen molar-refractivity contribution in [1.29, 1.82) is 0 Å². The second-order valence-electron chi connectivity index (χ2n) is 6.02. The lowest BCUT2D eigenvalue weighted by Crippen LogP contribution is -2.71. The SMILES string of the molecule is CCC1NC(=O)C2(CCCCC2)N(CC(C)OC)C1=O. The van der Waals surface area contributed by atoms with E-state index in [1.165, 1.54) is 0 Å². The maximum Gasteiger partial charge on any atom is 0.246 e. The quantitative estimate of drug-likeness (QED) is 0.849. The van der Waals surface area contributed by atoms with Gasteiger partial charge in [-0.2, -0.15) is 0 Å². The van der Waals surface area contributed by atoms with E-state index in [1.54, 1.807) is 7.11 Å². The Kier molecular flexibility index (Phi) is 4.68. The van der Waals surface area contributed by atoms with Crippen molar-refractivity contribution in [3.63, 3.8) is 0 Å². The van der Waals surface area contributed by atoms with E-state index < -0.39 is 5.54 Å². The van der Waals surface area contributed by atoms with Crippen molar-refractivity contribution in [1.82, 2.24) is 10.2 Å². The molecule has 0 aromatic carbocycles. The highest BCUT2D eigenvalue weighted by Gasteiger charge is 2.52. The number of hydrogen-bond donors (Lipinski definition) is 1. The minimum atomic E-state index is -0.631. The van der Waals surface area contributed by atoms with Crippen LogP contribution in [0.4, 0.5) is 0 Å². The second kappa shape index (κ2) is 6.12. The number of methoxy groups -OCH3 is 1. The van der Waals surface area contributed by atoms with Crippen LogP contribution in [0.5, 0.6) is 0 Å². The molecule has 0 radical (unpaired) electrons. The number of piperazine rings is 1.